The van der Waals surface area contributed by atoms with Crippen LogP contribution in [0, 0.1) is 3.57 Å². The molecule has 0 aromatic heterocycles. The van der Waals surface area contributed by atoms with E-state index < -0.39 is 0 Å². The first-order chi connectivity index (χ1) is 10.4. The van der Waals surface area contributed by atoms with Crippen molar-refractivity contribution in [2.45, 2.75) is 26.4 Å². The fourth-order valence-corrected chi connectivity index (χ4v) is 2.41. The summed E-state index contributed by atoms with van der Waals surface area (Å²) in [6, 6.07) is 3.34. The number of carbonyl (C=O) groups is 2. The normalized spacial score (nSPS) is 10.3. The molecule has 0 spiro atoms. The van der Waals surface area contributed by atoms with Gasteiger partial charge in [-0.25, -0.2) is 0 Å². The molecule has 1 aromatic rings. The number of methoxy groups -OCH3 is 2. The molecule has 1 aromatic carbocycles. The summed E-state index contributed by atoms with van der Waals surface area (Å²) in [7, 11) is 3.04. The maximum absolute atomic E-state index is 12.2. The lowest BCUT2D eigenvalue weighted by molar-refractivity contribution is -0.147. The Morgan fingerprint density at radius 3 is 2.32 bits per heavy atom. The second-order valence-corrected chi connectivity index (χ2v) is 5.89. The zero-order valence-corrected chi connectivity index (χ0v) is 15.2. The van der Waals surface area contributed by atoms with Crippen LogP contribution in [0.15, 0.2) is 12.1 Å². The van der Waals surface area contributed by atoms with Crippen LogP contribution < -0.4 is 14.8 Å². The van der Waals surface area contributed by atoms with Crippen molar-refractivity contribution >= 4 is 34.5 Å². The van der Waals surface area contributed by atoms with Gasteiger partial charge in [0.15, 0.2) is 11.5 Å². The molecule has 0 radical (unpaired) electrons. The molecular formula is C15H20INO5. The lowest BCUT2D eigenvalue weighted by Gasteiger charge is -2.12. The molecule has 0 aliphatic carbocycles. The third-order valence-corrected chi connectivity index (χ3v) is 3.59. The molecule has 1 amide bonds. The molecule has 7 heteroatoms. The fraction of sp³-hybridized carbons (Fsp3) is 0.467. The molecular weight excluding hydrogens is 401 g/mol. The first kappa shape index (κ1) is 18.5. The van der Waals surface area contributed by atoms with Gasteiger partial charge in [-0.05, 0) is 48.6 Å². The van der Waals surface area contributed by atoms with Gasteiger partial charge in [0.1, 0.15) is 0 Å². The van der Waals surface area contributed by atoms with E-state index in [1.807, 2.05) is 0 Å². The highest BCUT2D eigenvalue weighted by Gasteiger charge is 2.15. The van der Waals surface area contributed by atoms with Crippen molar-refractivity contribution in [1.29, 1.82) is 0 Å². The highest BCUT2D eigenvalue weighted by molar-refractivity contribution is 14.1. The smallest absolute Gasteiger partial charge is 0.307 e. The van der Waals surface area contributed by atoms with Crippen molar-refractivity contribution in [3.63, 3.8) is 0 Å². The van der Waals surface area contributed by atoms with E-state index in [-0.39, 0.29) is 30.9 Å². The van der Waals surface area contributed by atoms with E-state index in [1.54, 1.807) is 26.0 Å². The molecule has 1 rings (SSSR count). The molecule has 0 fully saturated rings. The van der Waals surface area contributed by atoms with Gasteiger partial charge < -0.3 is 19.5 Å². The van der Waals surface area contributed by atoms with Gasteiger partial charge in [-0.2, -0.15) is 0 Å². The molecule has 0 aliphatic heterocycles. The number of nitrogens with one attached hydrogen (secondary N) is 1. The number of halogens is 1. The van der Waals surface area contributed by atoms with E-state index in [0.29, 0.717) is 17.1 Å². The van der Waals surface area contributed by atoms with E-state index in [9.17, 15) is 9.59 Å². The van der Waals surface area contributed by atoms with Crippen molar-refractivity contribution in [3.05, 3.63) is 21.3 Å². The zero-order chi connectivity index (χ0) is 16.7. The van der Waals surface area contributed by atoms with E-state index in [4.69, 9.17) is 14.2 Å². The van der Waals surface area contributed by atoms with Gasteiger partial charge in [-0.15, -0.1) is 0 Å². The third kappa shape index (κ3) is 5.36. The first-order valence-corrected chi connectivity index (χ1v) is 7.86. The summed E-state index contributed by atoms with van der Waals surface area (Å²) < 4.78 is 16.1. The summed E-state index contributed by atoms with van der Waals surface area (Å²) >= 11 is 2.05. The second kappa shape index (κ2) is 8.82. The molecule has 1 N–H and O–H groups in total. The van der Waals surface area contributed by atoms with Crippen LogP contribution in [0.2, 0.25) is 0 Å². The highest BCUT2D eigenvalue weighted by atomic mass is 127. The van der Waals surface area contributed by atoms with Crippen molar-refractivity contribution in [2.75, 3.05) is 20.8 Å². The van der Waals surface area contributed by atoms with Crippen LogP contribution in [0.1, 0.15) is 30.6 Å². The first-order valence-electron chi connectivity index (χ1n) is 6.78. The largest absolute Gasteiger partial charge is 0.493 e. The molecule has 0 saturated heterocycles. The van der Waals surface area contributed by atoms with Gasteiger partial charge >= 0.3 is 5.97 Å². The number of hydrogen-bond donors (Lipinski definition) is 1. The topological polar surface area (TPSA) is 73.9 Å². The predicted octanol–water partition coefficient (Wildman–Crippen LogP) is 2.38. The minimum atomic E-state index is -0.336. The average molecular weight is 421 g/mol. The Balaban J connectivity index is 2.68. The van der Waals surface area contributed by atoms with Crippen LogP contribution in [-0.4, -0.2) is 38.7 Å². The molecule has 0 bridgehead atoms. The van der Waals surface area contributed by atoms with Gasteiger partial charge in [0, 0.05) is 10.1 Å². The number of benzene rings is 1. The van der Waals surface area contributed by atoms with Crippen molar-refractivity contribution in [3.8, 4) is 11.5 Å². The van der Waals surface area contributed by atoms with E-state index in [0.717, 1.165) is 3.57 Å². The van der Waals surface area contributed by atoms with Crippen molar-refractivity contribution in [2.24, 2.45) is 0 Å². The lowest BCUT2D eigenvalue weighted by atomic mass is 10.2. The Bertz CT molecular complexity index is 545. The number of esters is 1. The summed E-state index contributed by atoms with van der Waals surface area (Å²) in [5.74, 6) is 0.427. The van der Waals surface area contributed by atoms with E-state index >= 15 is 0 Å². The van der Waals surface area contributed by atoms with Gasteiger partial charge in [-0.1, -0.05) is 0 Å². The fourth-order valence-electron chi connectivity index (χ4n) is 1.72. The maximum atomic E-state index is 12.2. The maximum Gasteiger partial charge on any atom is 0.307 e. The van der Waals surface area contributed by atoms with Crippen LogP contribution >= 0.6 is 22.6 Å². The average Bonchev–Trinajstić information content (AvgIpc) is 2.45. The molecule has 0 heterocycles. The Hall–Kier alpha value is -1.51. The number of ether oxygens (including phenoxy) is 3. The van der Waals surface area contributed by atoms with Gasteiger partial charge in [0.25, 0.3) is 5.91 Å². The summed E-state index contributed by atoms with van der Waals surface area (Å²) in [6.07, 6.45) is -0.0247. The molecule has 0 saturated carbocycles. The highest BCUT2D eigenvalue weighted by Crippen LogP contribution is 2.31. The monoisotopic (exact) mass is 421 g/mol. The summed E-state index contributed by atoms with van der Waals surface area (Å²) in [5, 5.41) is 2.69. The summed E-state index contributed by atoms with van der Waals surface area (Å²) in [4.78, 5) is 23.6. The van der Waals surface area contributed by atoms with Crippen molar-refractivity contribution < 1.29 is 23.8 Å². The Labute approximate surface area is 143 Å². The van der Waals surface area contributed by atoms with Crippen molar-refractivity contribution in [1.82, 2.24) is 5.32 Å². The Morgan fingerprint density at radius 2 is 1.77 bits per heavy atom. The summed E-state index contributed by atoms with van der Waals surface area (Å²) in [6.45, 7) is 3.78. The molecule has 0 aliphatic rings. The quantitative estimate of drug-likeness (QED) is 0.541. The molecule has 22 heavy (non-hydrogen) atoms. The summed E-state index contributed by atoms with van der Waals surface area (Å²) in [5.41, 5.74) is 0.468. The Kier molecular flexibility index (Phi) is 7.43. The van der Waals surface area contributed by atoms with Crippen LogP contribution in [-0.2, 0) is 9.53 Å². The van der Waals surface area contributed by atoms with Gasteiger partial charge in [-0.3, -0.25) is 9.59 Å². The predicted molar refractivity (Wildman–Crippen MR) is 90.4 cm³/mol. The van der Waals surface area contributed by atoms with E-state index in [1.165, 1.54) is 14.2 Å². The van der Waals surface area contributed by atoms with Crippen LogP contribution in [0.3, 0.4) is 0 Å². The molecule has 6 nitrogen and oxygen atoms in total. The second-order valence-electron chi connectivity index (χ2n) is 4.73. The standard InChI is InChI=1S/C15H20INO5/c1-9(2)22-14(18)5-6-17-15(19)10-7-12(20-3)13(21-4)8-11(10)16/h7-9H,5-6H2,1-4H3,(H,17,19). The lowest BCUT2D eigenvalue weighted by Crippen LogP contribution is -2.27. The minimum Gasteiger partial charge on any atom is -0.493 e. The number of rotatable bonds is 7. The third-order valence-electron chi connectivity index (χ3n) is 2.70. The molecule has 122 valence electrons. The SMILES string of the molecule is COc1cc(I)c(C(=O)NCCC(=O)OC(C)C)cc1OC. The Morgan fingerprint density at radius 1 is 1.18 bits per heavy atom. The number of hydrogen-bond acceptors (Lipinski definition) is 5. The van der Waals surface area contributed by atoms with Gasteiger partial charge in [0.05, 0.1) is 32.3 Å². The van der Waals surface area contributed by atoms with E-state index in [2.05, 4.69) is 27.9 Å². The molecule has 0 unspecified atom stereocenters. The van der Waals surface area contributed by atoms with Crippen LogP contribution in [0.25, 0.3) is 0 Å². The number of amides is 1. The molecule has 0 atom stereocenters. The number of carbonyl (C=O) groups excluding carboxylic acids is 2. The zero-order valence-electron chi connectivity index (χ0n) is 13.1. The van der Waals surface area contributed by atoms with Crippen LogP contribution in [0.5, 0.6) is 11.5 Å². The minimum absolute atomic E-state index is 0.133. The van der Waals surface area contributed by atoms with Gasteiger partial charge in [0.2, 0.25) is 0 Å². The van der Waals surface area contributed by atoms with Crippen LogP contribution in [0.4, 0.5) is 0 Å².